The normalized spacial score (nSPS) is 18.1. The van der Waals surface area contributed by atoms with Crippen molar-refractivity contribution in [2.45, 2.75) is 25.8 Å². The summed E-state index contributed by atoms with van der Waals surface area (Å²) in [6, 6.07) is 1.96. The summed E-state index contributed by atoms with van der Waals surface area (Å²) in [7, 11) is 0. The molecule has 2 nitrogen and oxygen atoms in total. The molecule has 0 aromatic carbocycles. The van der Waals surface area contributed by atoms with Crippen LogP contribution in [0.2, 0.25) is 0 Å². The summed E-state index contributed by atoms with van der Waals surface area (Å²) in [5, 5.41) is 3.33. The number of nitrogens with zero attached hydrogens (tertiary/aromatic N) is 1. The van der Waals surface area contributed by atoms with Gasteiger partial charge < -0.3 is 5.32 Å². The van der Waals surface area contributed by atoms with Crippen molar-refractivity contribution in [3.8, 4) is 0 Å². The average molecular weight is 194 g/mol. The zero-order valence-corrected chi connectivity index (χ0v) is 8.33. The maximum absolute atomic E-state index is 13.4. The first kappa shape index (κ1) is 9.59. The van der Waals surface area contributed by atoms with Gasteiger partial charge in [0.15, 0.2) is 0 Å². The highest BCUT2D eigenvalue weighted by atomic mass is 19.1. The third-order valence-corrected chi connectivity index (χ3v) is 2.66. The summed E-state index contributed by atoms with van der Waals surface area (Å²) in [5.74, 6) is 0.428. The van der Waals surface area contributed by atoms with E-state index >= 15 is 0 Å². The number of halogens is 1. The van der Waals surface area contributed by atoms with Crippen LogP contribution in [0.25, 0.3) is 0 Å². The minimum Gasteiger partial charge on any atom is -0.310 e. The van der Waals surface area contributed by atoms with E-state index in [0.717, 1.165) is 12.1 Å². The van der Waals surface area contributed by atoms with Crippen molar-refractivity contribution in [1.29, 1.82) is 0 Å². The lowest BCUT2D eigenvalue weighted by Crippen LogP contribution is -2.23. The Morgan fingerprint density at radius 2 is 2.43 bits per heavy atom. The minimum absolute atomic E-state index is 0.183. The van der Waals surface area contributed by atoms with Crippen LogP contribution in [0.4, 0.5) is 4.39 Å². The van der Waals surface area contributed by atoms with Gasteiger partial charge in [-0.1, -0.05) is 6.92 Å². The summed E-state index contributed by atoms with van der Waals surface area (Å²) >= 11 is 0. The van der Waals surface area contributed by atoms with Gasteiger partial charge in [0.1, 0.15) is 5.82 Å². The molecule has 1 aromatic rings. The lowest BCUT2D eigenvalue weighted by atomic mass is 10.0. The van der Waals surface area contributed by atoms with Crippen LogP contribution in [-0.2, 0) is 0 Å². The van der Waals surface area contributed by atoms with Gasteiger partial charge in [-0.05, 0) is 31.4 Å². The van der Waals surface area contributed by atoms with Crippen molar-refractivity contribution in [2.75, 3.05) is 6.54 Å². The van der Waals surface area contributed by atoms with E-state index in [4.69, 9.17) is 0 Å². The molecule has 1 aliphatic rings. The van der Waals surface area contributed by atoms with Crippen LogP contribution in [0.3, 0.4) is 0 Å². The van der Waals surface area contributed by atoms with E-state index in [1.165, 1.54) is 19.0 Å². The molecule has 1 unspecified atom stereocenters. The lowest BCUT2D eigenvalue weighted by Gasteiger charge is -2.17. The van der Waals surface area contributed by atoms with Gasteiger partial charge in [0.25, 0.3) is 0 Å². The SMILES string of the molecule is CCNC(c1ccncc1F)C1CC1. The van der Waals surface area contributed by atoms with E-state index in [-0.39, 0.29) is 11.9 Å². The van der Waals surface area contributed by atoms with Crippen LogP contribution in [0.15, 0.2) is 18.5 Å². The molecule has 1 aliphatic carbocycles. The molecule has 1 aromatic heterocycles. The third-order valence-electron chi connectivity index (χ3n) is 2.66. The summed E-state index contributed by atoms with van der Waals surface area (Å²) in [6.45, 7) is 2.93. The molecule has 0 amide bonds. The fourth-order valence-corrected chi connectivity index (χ4v) is 1.82. The van der Waals surface area contributed by atoms with E-state index in [2.05, 4.69) is 17.2 Å². The van der Waals surface area contributed by atoms with Crippen LogP contribution in [0, 0.1) is 11.7 Å². The summed E-state index contributed by atoms with van der Waals surface area (Å²) < 4.78 is 13.4. The first-order valence-electron chi connectivity index (χ1n) is 5.15. The highest BCUT2D eigenvalue weighted by Gasteiger charge is 2.32. The molecule has 0 saturated heterocycles. The Balaban J connectivity index is 2.21. The molecule has 3 heteroatoms. The Morgan fingerprint density at radius 3 is 3.00 bits per heavy atom. The molecule has 2 rings (SSSR count). The third kappa shape index (κ3) is 1.93. The van der Waals surface area contributed by atoms with Crippen LogP contribution < -0.4 is 5.32 Å². The maximum Gasteiger partial charge on any atom is 0.146 e. The molecule has 1 heterocycles. The molecular weight excluding hydrogens is 179 g/mol. The van der Waals surface area contributed by atoms with E-state index in [9.17, 15) is 4.39 Å². The van der Waals surface area contributed by atoms with Crippen molar-refractivity contribution in [1.82, 2.24) is 10.3 Å². The first-order chi connectivity index (χ1) is 6.83. The predicted molar refractivity (Wildman–Crippen MR) is 53.3 cm³/mol. The van der Waals surface area contributed by atoms with Crippen LogP contribution in [-0.4, -0.2) is 11.5 Å². The highest BCUT2D eigenvalue weighted by Crippen LogP contribution is 2.41. The number of rotatable bonds is 4. The maximum atomic E-state index is 13.4. The average Bonchev–Trinajstić information content (AvgIpc) is 2.99. The van der Waals surface area contributed by atoms with E-state index < -0.39 is 0 Å². The molecule has 0 spiro atoms. The molecule has 1 fully saturated rings. The molecule has 0 aliphatic heterocycles. The molecule has 76 valence electrons. The van der Waals surface area contributed by atoms with Gasteiger partial charge in [-0.2, -0.15) is 0 Å². The molecule has 1 saturated carbocycles. The first-order valence-corrected chi connectivity index (χ1v) is 5.15. The quantitative estimate of drug-likeness (QED) is 0.795. The van der Waals surface area contributed by atoms with Gasteiger partial charge in [0.05, 0.1) is 6.20 Å². The number of nitrogens with one attached hydrogen (secondary N) is 1. The Labute approximate surface area is 83.6 Å². The smallest absolute Gasteiger partial charge is 0.146 e. The van der Waals surface area contributed by atoms with Gasteiger partial charge >= 0.3 is 0 Å². The fraction of sp³-hybridized carbons (Fsp3) is 0.545. The van der Waals surface area contributed by atoms with Crippen molar-refractivity contribution in [3.63, 3.8) is 0 Å². The Morgan fingerprint density at radius 1 is 1.64 bits per heavy atom. The van der Waals surface area contributed by atoms with Crippen LogP contribution in [0.1, 0.15) is 31.4 Å². The molecule has 0 radical (unpaired) electrons. The lowest BCUT2D eigenvalue weighted by molar-refractivity contribution is 0.467. The fourth-order valence-electron chi connectivity index (χ4n) is 1.82. The number of hydrogen-bond donors (Lipinski definition) is 1. The van der Waals surface area contributed by atoms with E-state index in [1.807, 2.05) is 0 Å². The minimum atomic E-state index is -0.189. The predicted octanol–water partition coefficient (Wildman–Crippen LogP) is 2.28. The standard InChI is InChI=1S/C11H15FN2/c1-2-14-11(8-3-4-8)9-5-6-13-7-10(9)12/h5-8,11,14H,2-4H2,1H3. The summed E-state index contributed by atoms with van der Waals surface area (Å²) in [4.78, 5) is 3.76. The number of pyridine rings is 1. The van der Waals surface area contributed by atoms with E-state index in [0.29, 0.717) is 5.92 Å². The van der Waals surface area contributed by atoms with Crippen LogP contribution >= 0.6 is 0 Å². The highest BCUT2D eigenvalue weighted by molar-refractivity contribution is 5.19. The summed E-state index contributed by atoms with van der Waals surface area (Å²) in [6.07, 6.45) is 5.37. The molecule has 14 heavy (non-hydrogen) atoms. The number of aromatic nitrogens is 1. The second kappa shape index (κ2) is 4.05. The largest absolute Gasteiger partial charge is 0.310 e. The topological polar surface area (TPSA) is 24.9 Å². The van der Waals surface area contributed by atoms with Gasteiger partial charge in [0, 0.05) is 17.8 Å². The zero-order chi connectivity index (χ0) is 9.97. The molecule has 1 atom stereocenters. The van der Waals surface area contributed by atoms with Gasteiger partial charge in [0.2, 0.25) is 0 Å². The van der Waals surface area contributed by atoms with E-state index in [1.54, 1.807) is 12.3 Å². The Hall–Kier alpha value is -0.960. The number of hydrogen-bond acceptors (Lipinski definition) is 2. The van der Waals surface area contributed by atoms with Crippen molar-refractivity contribution in [2.24, 2.45) is 5.92 Å². The molecular formula is C11H15FN2. The van der Waals surface area contributed by atoms with Gasteiger partial charge in [-0.25, -0.2) is 4.39 Å². The second-order valence-electron chi connectivity index (χ2n) is 3.77. The molecule has 1 N–H and O–H groups in total. The Kier molecular flexibility index (Phi) is 2.77. The zero-order valence-electron chi connectivity index (χ0n) is 8.33. The van der Waals surface area contributed by atoms with Crippen molar-refractivity contribution >= 4 is 0 Å². The summed E-state index contributed by atoms with van der Waals surface area (Å²) in [5.41, 5.74) is 0.768. The Bertz CT molecular complexity index is 310. The van der Waals surface area contributed by atoms with Crippen molar-refractivity contribution < 1.29 is 4.39 Å². The second-order valence-corrected chi connectivity index (χ2v) is 3.77. The van der Waals surface area contributed by atoms with Gasteiger partial charge in [-0.15, -0.1) is 0 Å². The van der Waals surface area contributed by atoms with Gasteiger partial charge in [-0.3, -0.25) is 4.98 Å². The monoisotopic (exact) mass is 194 g/mol. The van der Waals surface area contributed by atoms with Crippen molar-refractivity contribution in [3.05, 3.63) is 29.8 Å². The van der Waals surface area contributed by atoms with Crippen LogP contribution in [0.5, 0.6) is 0 Å². The molecule has 0 bridgehead atoms.